The minimum atomic E-state index is 0.123. The maximum Gasteiger partial charge on any atom is 0.220 e. The summed E-state index contributed by atoms with van der Waals surface area (Å²) in [5.41, 5.74) is 5.31. The SMILES string of the molecule is CCC(C)C(C)NC(=O)CCCN. The third-order valence-corrected chi connectivity index (χ3v) is 2.49. The summed E-state index contributed by atoms with van der Waals surface area (Å²) in [6, 6.07) is 0.273. The number of carbonyl (C=O) groups excluding carboxylic acids is 1. The van der Waals surface area contributed by atoms with Crippen molar-refractivity contribution >= 4 is 5.91 Å². The molecule has 0 aliphatic heterocycles. The molecule has 0 aliphatic rings. The Balaban J connectivity index is 3.64. The summed E-state index contributed by atoms with van der Waals surface area (Å²) in [5, 5.41) is 2.97. The molecule has 0 spiro atoms. The van der Waals surface area contributed by atoms with Crippen LogP contribution in [0.3, 0.4) is 0 Å². The van der Waals surface area contributed by atoms with Crippen LogP contribution in [0.5, 0.6) is 0 Å². The van der Waals surface area contributed by atoms with Crippen molar-refractivity contribution < 1.29 is 4.79 Å². The molecule has 2 atom stereocenters. The van der Waals surface area contributed by atoms with Gasteiger partial charge in [-0.15, -0.1) is 0 Å². The van der Waals surface area contributed by atoms with E-state index in [4.69, 9.17) is 5.73 Å². The summed E-state index contributed by atoms with van der Waals surface area (Å²) in [6.07, 6.45) is 2.43. The Labute approximate surface area is 81.1 Å². The largest absolute Gasteiger partial charge is 0.353 e. The van der Waals surface area contributed by atoms with Crippen molar-refractivity contribution in [2.24, 2.45) is 11.7 Å². The fourth-order valence-electron chi connectivity index (χ4n) is 1.08. The summed E-state index contributed by atoms with van der Waals surface area (Å²) in [5.74, 6) is 0.667. The Morgan fingerprint density at radius 3 is 2.54 bits per heavy atom. The van der Waals surface area contributed by atoms with Crippen molar-refractivity contribution in [2.45, 2.75) is 46.1 Å². The van der Waals surface area contributed by atoms with Gasteiger partial charge in [-0.3, -0.25) is 4.79 Å². The van der Waals surface area contributed by atoms with Gasteiger partial charge in [-0.2, -0.15) is 0 Å². The summed E-state index contributed by atoms with van der Waals surface area (Å²) < 4.78 is 0. The first-order valence-electron chi connectivity index (χ1n) is 5.11. The van der Waals surface area contributed by atoms with Gasteiger partial charge in [0, 0.05) is 12.5 Å². The van der Waals surface area contributed by atoms with E-state index in [9.17, 15) is 4.79 Å². The van der Waals surface area contributed by atoms with Gasteiger partial charge in [0.2, 0.25) is 5.91 Å². The molecule has 0 rings (SSSR count). The third-order valence-electron chi connectivity index (χ3n) is 2.49. The number of nitrogens with two attached hydrogens (primary N) is 1. The van der Waals surface area contributed by atoms with Crippen LogP contribution in [-0.4, -0.2) is 18.5 Å². The first-order chi connectivity index (χ1) is 6.11. The molecule has 0 aromatic rings. The topological polar surface area (TPSA) is 55.1 Å². The number of hydrogen-bond donors (Lipinski definition) is 2. The van der Waals surface area contributed by atoms with Crippen molar-refractivity contribution in [1.29, 1.82) is 0 Å². The summed E-state index contributed by atoms with van der Waals surface area (Å²) in [4.78, 5) is 11.3. The predicted octanol–water partition coefficient (Wildman–Crippen LogP) is 1.28. The highest BCUT2D eigenvalue weighted by atomic mass is 16.1. The fraction of sp³-hybridized carbons (Fsp3) is 0.900. The van der Waals surface area contributed by atoms with Crippen LogP contribution in [0.4, 0.5) is 0 Å². The average Bonchev–Trinajstić information content (AvgIpc) is 2.13. The summed E-state index contributed by atoms with van der Waals surface area (Å²) in [6.45, 7) is 6.92. The van der Waals surface area contributed by atoms with Crippen LogP contribution >= 0.6 is 0 Å². The Bertz CT molecular complexity index is 148. The number of hydrogen-bond acceptors (Lipinski definition) is 2. The lowest BCUT2D eigenvalue weighted by Gasteiger charge is -2.19. The van der Waals surface area contributed by atoms with Crippen LogP contribution < -0.4 is 11.1 Å². The highest BCUT2D eigenvalue weighted by Crippen LogP contribution is 2.06. The van der Waals surface area contributed by atoms with Crippen LogP contribution in [-0.2, 0) is 4.79 Å². The Hall–Kier alpha value is -0.570. The lowest BCUT2D eigenvalue weighted by Crippen LogP contribution is -2.36. The summed E-state index contributed by atoms with van der Waals surface area (Å²) >= 11 is 0. The van der Waals surface area contributed by atoms with E-state index >= 15 is 0 Å². The molecule has 0 bridgehead atoms. The number of nitrogens with one attached hydrogen (secondary N) is 1. The molecule has 0 aromatic carbocycles. The molecule has 0 fully saturated rings. The predicted molar refractivity (Wildman–Crippen MR) is 55.3 cm³/mol. The lowest BCUT2D eigenvalue weighted by molar-refractivity contribution is -0.122. The number of rotatable bonds is 6. The van der Waals surface area contributed by atoms with E-state index in [1.807, 2.05) is 0 Å². The Morgan fingerprint density at radius 1 is 1.46 bits per heavy atom. The van der Waals surface area contributed by atoms with Crippen molar-refractivity contribution in [2.75, 3.05) is 6.54 Å². The second-order valence-corrected chi connectivity index (χ2v) is 3.63. The standard InChI is InChI=1S/C10H22N2O/c1-4-8(2)9(3)12-10(13)6-5-7-11/h8-9H,4-7,11H2,1-3H3,(H,12,13). The van der Waals surface area contributed by atoms with Gasteiger partial charge in [-0.05, 0) is 25.8 Å². The Kier molecular flexibility index (Phi) is 6.59. The molecule has 3 heteroatoms. The molecule has 0 radical (unpaired) electrons. The first kappa shape index (κ1) is 12.4. The van der Waals surface area contributed by atoms with Gasteiger partial charge in [-0.1, -0.05) is 20.3 Å². The van der Waals surface area contributed by atoms with Crippen LogP contribution in [0.1, 0.15) is 40.0 Å². The minimum absolute atomic E-state index is 0.123. The molecule has 0 saturated heterocycles. The molecule has 0 aromatic heterocycles. The molecule has 13 heavy (non-hydrogen) atoms. The van der Waals surface area contributed by atoms with Crippen LogP contribution in [0.15, 0.2) is 0 Å². The monoisotopic (exact) mass is 186 g/mol. The minimum Gasteiger partial charge on any atom is -0.353 e. The second-order valence-electron chi connectivity index (χ2n) is 3.63. The Morgan fingerprint density at radius 2 is 2.08 bits per heavy atom. The quantitative estimate of drug-likeness (QED) is 0.656. The van der Waals surface area contributed by atoms with E-state index in [0.29, 0.717) is 18.9 Å². The lowest BCUT2D eigenvalue weighted by atomic mass is 10.0. The van der Waals surface area contributed by atoms with Gasteiger partial charge in [0.05, 0.1) is 0 Å². The maximum absolute atomic E-state index is 11.3. The van der Waals surface area contributed by atoms with Crippen molar-refractivity contribution in [3.63, 3.8) is 0 Å². The molecule has 0 aliphatic carbocycles. The van der Waals surface area contributed by atoms with Crippen LogP contribution in [0.2, 0.25) is 0 Å². The van der Waals surface area contributed by atoms with E-state index in [1.54, 1.807) is 0 Å². The van der Waals surface area contributed by atoms with Crippen molar-refractivity contribution in [1.82, 2.24) is 5.32 Å². The second kappa shape index (κ2) is 6.89. The molecule has 3 nitrogen and oxygen atoms in total. The van der Waals surface area contributed by atoms with E-state index in [-0.39, 0.29) is 11.9 Å². The van der Waals surface area contributed by atoms with Gasteiger partial charge in [0.25, 0.3) is 0 Å². The third kappa shape index (κ3) is 5.64. The zero-order valence-electron chi connectivity index (χ0n) is 8.97. The molecule has 0 heterocycles. The molecule has 78 valence electrons. The van der Waals surface area contributed by atoms with Gasteiger partial charge >= 0.3 is 0 Å². The van der Waals surface area contributed by atoms with Crippen LogP contribution in [0.25, 0.3) is 0 Å². The molecule has 1 amide bonds. The van der Waals surface area contributed by atoms with Gasteiger partial charge in [-0.25, -0.2) is 0 Å². The molecular formula is C10H22N2O. The van der Waals surface area contributed by atoms with Gasteiger partial charge in [0.1, 0.15) is 0 Å². The zero-order chi connectivity index (χ0) is 10.3. The van der Waals surface area contributed by atoms with Crippen molar-refractivity contribution in [3.8, 4) is 0 Å². The smallest absolute Gasteiger partial charge is 0.220 e. The molecule has 2 unspecified atom stereocenters. The van der Waals surface area contributed by atoms with E-state index < -0.39 is 0 Å². The molecule has 0 saturated carbocycles. The highest BCUT2D eigenvalue weighted by molar-refractivity contribution is 5.76. The maximum atomic E-state index is 11.3. The summed E-state index contributed by atoms with van der Waals surface area (Å²) in [7, 11) is 0. The average molecular weight is 186 g/mol. The number of amides is 1. The molecular weight excluding hydrogens is 164 g/mol. The zero-order valence-corrected chi connectivity index (χ0v) is 8.97. The fourth-order valence-corrected chi connectivity index (χ4v) is 1.08. The van der Waals surface area contributed by atoms with Crippen molar-refractivity contribution in [3.05, 3.63) is 0 Å². The first-order valence-corrected chi connectivity index (χ1v) is 5.11. The van der Waals surface area contributed by atoms with E-state index in [2.05, 4.69) is 26.1 Å². The van der Waals surface area contributed by atoms with E-state index in [0.717, 1.165) is 12.8 Å². The van der Waals surface area contributed by atoms with E-state index in [1.165, 1.54) is 0 Å². The number of carbonyl (C=O) groups is 1. The normalized spacial score (nSPS) is 15.1. The molecule has 3 N–H and O–H groups in total. The van der Waals surface area contributed by atoms with Gasteiger partial charge in [0.15, 0.2) is 0 Å². The van der Waals surface area contributed by atoms with Crippen LogP contribution in [0, 0.1) is 5.92 Å². The highest BCUT2D eigenvalue weighted by Gasteiger charge is 2.12. The van der Waals surface area contributed by atoms with Gasteiger partial charge < -0.3 is 11.1 Å².